The Labute approximate surface area is 124 Å². The molecule has 1 unspecified atom stereocenters. The Hall–Kier alpha value is -1.79. The van der Waals surface area contributed by atoms with Crippen LogP contribution in [0.25, 0.3) is 0 Å². The van der Waals surface area contributed by atoms with Gasteiger partial charge in [-0.05, 0) is 37.6 Å². The lowest BCUT2D eigenvalue weighted by Crippen LogP contribution is -2.51. The van der Waals surface area contributed by atoms with Crippen LogP contribution >= 0.6 is 0 Å². The van der Waals surface area contributed by atoms with Crippen LogP contribution in [0.1, 0.15) is 18.9 Å². The summed E-state index contributed by atoms with van der Waals surface area (Å²) in [4.78, 5) is 13.9. The van der Waals surface area contributed by atoms with Gasteiger partial charge in [-0.2, -0.15) is 0 Å². The van der Waals surface area contributed by atoms with Crippen LogP contribution in [0.2, 0.25) is 0 Å². The van der Waals surface area contributed by atoms with Crippen LogP contribution in [0.5, 0.6) is 11.5 Å². The molecule has 1 aromatic carbocycles. The molecule has 1 heterocycles. The van der Waals surface area contributed by atoms with Crippen molar-refractivity contribution in [3.8, 4) is 11.5 Å². The van der Waals surface area contributed by atoms with Crippen molar-refractivity contribution in [2.75, 3.05) is 33.3 Å². The van der Waals surface area contributed by atoms with Crippen molar-refractivity contribution in [1.29, 1.82) is 0 Å². The van der Waals surface area contributed by atoms with E-state index in [-0.39, 0.29) is 11.5 Å². The number of carboxylic acids is 1. The summed E-state index contributed by atoms with van der Waals surface area (Å²) in [6.45, 7) is 4.72. The van der Waals surface area contributed by atoms with Gasteiger partial charge in [0.1, 0.15) is 5.54 Å². The Balaban J connectivity index is 2.43. The molecule has 2 rings (SSSR count). The largest absolute Gasteiger partial charge is 0.504 e. The number of hydrogen-bond donors (Lipinski definition) is 3. The van der Waals surface area contributed by atoms with E-state index in [0.29, 0.717) is 18.7 Å². The molecular formula is C15H22N2O4. The maximum absolute atomic E-state index is 12.0. The van der Waals surface area contributed by atoms with Crippen molar-refractivity contribution >= 4 is 5.97 Å². The number of carboxylic acid groups (broad SMARTS) is 1. The summed E-state index contributed by atoms with van der Waals surface area (Å²) in [5.74, 6) is -0.614. The molecule has 1 aliphatic heterocycles. The van der Waals surface area contributed by atoms with Crippen LogP contribution in [-0.2, 0) is 10.3 Å². The quantitative estimate of drug-likeness (QED) is 0.768. The summed E-state index contributed by atoms with van der Waals surface area (Å²) in [5.41, 5.74) is -0.543. The van der Waals surface area contributed by atoms with Crippen LogP contribution in [0.4, 0.5) is 0 Å². The summed E-state index contributed by atoms with van der Waals surface area (Å²) in [6, 6.07) is 4.72. The summed E-state index contributed by atoms with van der Waals surface area (Å²) in [7, 11) is 1.45. The van der Waals surface area contributed by atoms with E-state index >= 15 is 0 Å². The third-order valence-corrected chi connectivity index (χ3v) is 4.13. The summed E-state index contributed by atoms with van der Waals surface area (Å²) < 4.78 is 5.10. The van der Waals surface area contributed by atoms with E-state index in [1.54, 1.807) is 19.1 Å². The number of phenols is 1. The van der Waals surface area contributed by atoms with Gasteiger partial charge in [-0.1, -0.05) is 6.07 Å². The number of hydrogen-bond acceptors (Lipinski definition) is 5. The van der Waals surface area contributed by atoms with Crippen molar-refractivity contribution in [2.24, 2.45) is 0 Å². The standard InChI is InChI=1S/C15H22N2O4/c1-15(14(19)20,17-8-3-6-16-7-9-17)11-4-5-12(18)13(10-11)21-2/h4-5,10,16,18H,3,6-9H2,1-2H3,(H,19,20). The molecule has 0 radical (unpaired) electrons. The summed E-state index contributed by atoms with van der Waals surface area (Å²) in [5, 5.41) is 22.8. The molecule has 21 heavy (non-hydrogen) atoms. The van der Waals surface area contributed by atoms with E-state index in [1.807, 2.05) is 4.90 Å². The lowest BCUT2D eigenvalue weighted by atomic mass is 9.89. The zero-order valence-corrected chi connectivity index (χ0v) is 12.4. The number of nitrogens with one attached hydrogen (secondary N) is 1. The summed E-state index contributed by atoms with van der Waals surface area (Å²) in [6.07, 6.45) is 0.901. The number of aromatic hydroxyl groups is 1. The minimum atomic E-state index is -1.15. The second kappa shape index (κ2) is 6.32. The first kappa shape index (κ1) is 15.6. The molecule has 0 saturated carbocycles. The molecule has 3 N–H and O–H groups in total. The van der Waals surface area contributed by atoms with Gasteiger partial charge in [0.05, 0.1) is 7.11 Å². The molecule has 0 aliphatic carbocycles. The Morgan fingerprint density at radius 3 is 2.81 bits per heavy atom. The maximum atomic E-state index is 12.0. The highest BCUT2D eigenvalue weighted by molar-refractivity contribution is 5.80. The molecule has 0 aromatic heterocycles. The molecule has 0 amide bonds. The third kappa shape index (κ3) is 2.96. The van der Waals surface area contributed by atoms with E-state index in [9.17, 15) is 15.0 Å². The molecule has 1 atom stereocenters. The van der Waals surface area contributed by atoms with E-state index in [2.05, 4.69) is 5.32 Å². The average molecular weight is 294 g/mol. The van der Waals surface area contributed by atoms with Crippen LogP contribution in [0.3, 0.4) is 0 Å². The molecule has 6 nitrogen and oxygen atoms in total. The monoisotopic (exact) mass is 294 g/mol. The molecule has 1 aromatic rings. The first-order valence-electron chi connectivity index (χ1n) is 7.06. The molecule has 116 valence electrons. The minimum Gasteiger partial charge on any atom is -0.504 e. The molecule has 1 aliphatic rings. The lowest BCUT2D eigenvalue weighted by Gasteiger charge is -2.37. The zero-order chi connectivity index (χ0) is 15.5. The second-order valence-electron chi connectivity index (χ2n) is 5.35. The van der Waals surface area contributed by atoms with E-state index in [1.165, 1.54) is 13.2 Å². The van der Waals surface area contributed by atoms with Gasteiger partial charge < -0.3 is 20.3 Å². The normalized spacial score (nSPS) is 19.5. The SMILES string of the molecule is COc1cc(C(C)(C(=O)O)N2CCCNCC2)ccc1O. The van der Waals surface area contributed by atoms with E-state index in [0.717, 1.165) is 19.5 Å². The fourth-order valence-corrected chi connectivity index (χ4v) is 2.71. The van der Waals surface area contributed by atoms with Gasteiger partial charge >= 0.3 is 5.97 Å². The van der Waals surface area contributed by atoms with Crippen LogP contribution < -0.4 is 10.1 Å². The van der Waals surface area contributed by atoms with Gasteiger partial charge in [0.2, 0.25) is 0 Å². The molecular weight excluding hydrogens is 272 g/mol. The number of benzene rings is 1. The van der Waals surface area contributed by atoms with Crippen molar-refractivity contribution in [2.45, 2.75) is 18.9 Å². The number of phenolic OH excluding ortho intramolecular Hbond substituents is 1. The van der Waals surface area contributed by atoms with Gasteiger partial charge in [0.15, 0.2) is 11.5 Å². The number of nitrogens with zero attached hydrogens (tertiary/aromatic N) is 1. The van der Waals surface area contributed by atoms with E-state index < -0.39 is 11.5 Å². The van der Waals surface area contributed by atoms with Gasteiger partial charge in [-0.15, -0.1) is 0 Å². The average Bonchev–Trinajstić information content (AvgIpc) is 2.76. The molecule has 0 bridgehead atoms. The number of rotatable bonds is 4. The van der Waals surface area contributed by atoms with Crippen molar-refractivity contribution in [3.63, 3.8) is 0 Å². The number of ether oxygens (including phenoxy) is 1. The first-order valence-corrected chi connectivity index (χ1v) is 7.06. The van der Waals surface area contributed by atoms with Crippen molar-refractivity contribution in [1.82, 2.24) is 10.2 Å². The highest BCUT2D eigenvalue weighted by Crippen LogP contribution is 2.35. The van der Waals surface area contributed by atoms with Crippen LogP contribution in [-0.4, -0.2) is 54.4 Å². The predicted octanol–water partition coefficient (Wildman–Crippen LogP) is 0.996. The Morgan fingerprint density at radius 1 is 1.38 bits per heavy atom. The fourth-order valence-electron chi connectivity index (χ4n) is 2.71. The summed E-state index contributed by atoms with van der Waals surface area (Å²) >= 11 is 0. The minimum absolute atomic E-state index is 0.00604. The van der Waals surface area contributed by atoms with E-state index in [4.69, 9.17) is 4.74 Å². The number of methoxy groups -OCH3 is 1. The Kier molecular flexibility index (Phi) is 4.69. The Morgan fingerprint density at radius 2 is 2.14 bits per heavy atom. The van der Waals surface area contributed by atoms with Crippen LogP contribution in [0.15, 0.2) is 18.2 Å². The topological polar surface area (TPSA) is 82.0 Å². The van der Waals surface area contributed by atoms with Gasteiger partial charge in [0.25, 0.3) is 0 Å². The second-order valence-corrected chi connectivity index (χ2v) is 5.35. The van der Waals surface area contributed by atoms with Crippen molar-refractivity contribution < 1.29 is 19.7 Å². The fraction of sp³-hybridized carbons (Fsp3) is 0.533. The third-order valence-electron chi connectivity index (χ3n) is 4.13. The number of aliphatic carboxylic acids is 1. The lowest BCUT2D eigenvalue weighted by molar-refractivity contribution is -0.151. The smallest absolute Gasteiger partial charge is 0.328 e. The maximum Gasteiger partial charge on any atom is 0.328 e. The van der Waals surface area contributed by atoms with Gasteiger partial charge in [-0.3, -0.25) is 4.90 Å². The zero-order valence-electron chi connectivity index (χ0n) is 12.4. The highest BCUT2D eigenvalue weighted by atomic mass is 16.5. The van der Waals surface area contributed by atoms with Gasteiger partial charge in [-0.25, -0.2) is 4.79 Å². The molecule has 1 saturated heterocycles. The molecule has 0 spiro atoms. The van der Waals surface area contributed by atoms with Crippen molar-refractivity contribution in [3.05, 3.63) is 23.8 Å². The van der Waals surface area contributed by atoms with Crippen LogP contribution in [0, 0.1) is 0 Å². The molecule has 1 fully saturated rings. The van der Waals surface area contributed by atoms with Gasteiger partial charge in [0, 0.05) is 19.6 Å². The number of carbonyl (C=O) groups is 1. The Bertz CT molecular complexity index is 512. The first-order chi connectivity index (χ1) is 10.00. The predicted molar refractivity (Wildman–Crippen MR) is 78.7 cm³/mol. The highest BCUT2D eigenvalue weighted by Gasteiger charge is 2.41. The molecule has 6 heteroatoms.